The summed E-state index contributed by atoms with van der Waals surface area (Å²) in [5, 5.41) is 2.45. The van der Waals surface area contributed by atoms with Crippen molar-refractivity contribution in [3.8, 4) is 0 Å². The minimum absolute atomic E-state index is 0.0308. The molecule has 1 aromatic carbocycles. The summed E-state index contributed by atoms with van der Waals surface area (Å²) in [7, 11) is 0. The van der Waals surface area contributed by atoms with Crippen LogP contribution in [-0.2, 0) is 0 Å². The van der Waals surface area contributed by atoms with E-state index >= 15 is 0 Å². The van der Waals surface area contributed by atoms with Crippen molar-refractivity contribution in [1.82, 2.24) is 4.98 Å². The molecule has 0 unspecified atom stereocenters. The fourth-order valence-electron chi connectivity index (χ4n) is 1.40. The summed E-state index contributed by atoms with van der Waals surface area (Å²) >= 11 is 5.65. The first kappa shape index (κ1) is 13.2. The van der Waals surface area contributed by atoms with Gasteiger partial charge in [-0.15, -0.1) is 0 Å². The zero-order chi connectivity index (χ0) is 14.0. The van der Waals surface area contributed by atoms with Crippen molar-refractivity contribution in [1.29, 1.82) is 0 Å². The average molecular weight is 285 g/mol. The second kappa shape index (κ2) is 5.19. The Bertz CT molecular complexity index is 700. The van der Waals surface area contributed by atoms with E-state index in [9.17, 15) is 18.4 Å². The molecule has 98 valence electrons. The van der Waals surface area contributed by atoms with E-state index in [0.29, 0.717) is 0 Å². The number of aromatic amines is 1. The van der Waals surface area contributed by atoms with Crippen molar-refractivity contribution < 1.29 is 13.6 Å². The summed E-state index contributed by atoms with van der Waals surface area (Å²) in [5.74, 6) is -2.90. The molecule has 2 rings (SSSR count). The van der Waals surface area contributed by atoms with Gasteiger partial charge in [0.15, 0.2) is 11.6 Å². The highest BCUT2D eigenvalue weighted by Gasteiger charge is 2.12. The molecule has 2 aromatic rings. The minimum Gasteiger partial charge on any atom is -0.327 e. The first-order valence-corrected chi connectivity index (χ1v) is 5.50. The molecule has 0 spiro atoms. The number of carbonyl (C=O) groups excluding carboxylic acids is 1. The Morgan fingerprint density at radius 3 is 2.63 bits per heavy atom. The van der Waals surface area contributed by atoms with E-state index in [1.165, 1.54) is 18.3 Å². The maximum atomic E-state index is 13.0. The molecule has 7 heteroatoms. The fourth-order valence-corrected chi connectivity index (χ4v) is 1.56. The highest BCUT2D eigenvalue weighted by Crippen LogP contribution is 2.14. The number of anilines is 1. The van der Waals surface area contributed by atoms with E-state index in [2.05, 4.69) is 10.3 Å². The highest BCUT2D eigenvalue weighted by molar-refractivity contribution is 6.30. The molecule has 0 aliphatic rings. The lowest BCUT2D eigenvalue weighted by Crippen LogP contribution is -2.22. The lowest BCUT2D eigenvalue weighted by atomic mass is 10.2. The Kier molecular flexibility index (Phi) is 3.62. The van der Waals surface area contributed by atoms with Gasteiger partial charge in [-0.1, -0.05) is 11.6 Å². The van der Waals surface area contributed by atoms with Gasteiger partial charge in [-0.05, 0) is 18.2 Å². The topological polar surface area (TPSA) is 62.0 Å². The summed E-state index contributed by atoms with van der Waals surface area (Å²) in [4.78, 5) is 25.5. The molecule has 19 heavy (non-hydrogen) atoms. The van der Waals surface area contributed by atoms with Crippen LogP contribution in [0.1, 0.15) is 10.4 Å². The predicted octanol–water partition coefficient (Wildman–Crippen LogP) is 2.56. The molecular weight excluding hydrogens is 278 g/mol. The summed E-state index contributed by atoms with van der Waals surface area (Å²) < 4.78 is 25.7. The van der Waals surface area contributed by atoms with Gasteiger partial charge in [0.25, 0.3) is 11.5 Å². The van der Waals surface area contributed by atoms with E-state index in [0.717, 1.165) is 12.1 Å². The third-order valence-electron chi connectivity index (χ3n) is 2.29. The highest BCUT2D eigenvalue weighted by atomic mass is 35.5. The van der Waals surface area contributed by atoms with Gasteiger partial charge in [0, 0.05) is 18.0 Å². The van der Waals surface area contributed by atoms with Crippen molar-refractivity contribution in [3.63, 3.8) is 0 Å². The standard InChI is InChI=1S/C12H7ClF2N2O2/c13-6-3-8(11(18)16-5-6)12(19)17-7-1-2-9(14)10(15)4-7/h1-5H,(H,16,18)(H,17,19). The molecule has 1 heterocycles. The molecule has 0 radical (unpaired) electrons. The van der Waals surface area contributed by atoms with Gasteiger partial charge < -0.3 is 10.3 Å². The summed E-state index contributed by atoms with van der Waals surface area (Å²) in [6, 6.07) is 4.03. The zero-order valence-corrected chi connectivity index (χ0v) is 10.1. The molecule has 0 saturated heterocycles. The van der Waals surface area contributed by atoms with Gasteiger partial charge in [0.1, 0.15) is 5.56 Å². The number of benzene rings is 1. The van der Waals surface area contributed by atoms with Gasteiger partial charge in [0.2, 0.25) is 0 Å². The lowest BCUT2D eigenvalue weighted by Gasteiger charge is -2.05. The van der Waals surface area contributed by atoms with Crippen molar-refractivity contribution in [2.45, 2.75) is 0 Å². The maximum absolute atomic E-state index is 13.0. The SMILES string of the molecule is O=C(Nc1ccc(F)c(F)c1)c1cc(Cl)c[nH]c1=O. The average Bonchev–Trinajstić information content (AvgIpc) is 2.36. The molecule has 0 aliphatic carbocycles. The van der Waals surface area contributed by atoms with E-state index in [-0.39, 0.29) is 16.3 Å². The molecule has 2 N–H and O–H groups in total. The van der Waals surface area contributed by atoms with Crippen LogP contribution in [-0.4, -0.2) is 10.9 Å². The van der Waals surface area contributed by atoms with Crippen molar-refractivity contribution in [2.75, 3.05) is 5.32 Å². The van der Waals surface area contributed by atoms with Gasteiger partial charge in [-0.25, -0.2) is 8.78 Å². The van der Waals surface area contributed by atoms with Crippen LogP contribution in [0.4, 0.5) is 14.5 Å². The Morgan fingerprint density at radius 1 is 1.21 bits per heavy atom. The van der Waals surface area contributed by atoms with Crippen LogP contribution in [0.5, 0.6) is 0 Å². The van der Waals surface area contributed by atoms with E-state index in [4.69, 9.17) is 11.6 Å². The molecule has 1 aromatic heterocycles. The van der Waals surface area contributed by atoms with Crippen LogP contribution >= 0.6 is 11.6 Å². The van der Waals surface area contributed by atoms with E-state index < -0.39 is 23.1 Å². The Labute approximate surface area is 111 Å². The second-order valence-corrected chi connectivity index (χ2v) is 4.08. The molecule has 0 saturated carbocycles. The van der Waals surface area contributed by atoms with E-state index in [1.807, 2.05) is 0 Å². The van der Waals surface area contributed by atoms with Crippen LogP contribution in [0.2, 0.25) is 5.02 Å². The van der Waals surface area contributed by atoms with Gasteiger partial charge >= 0.3 is 0 Å². The number of carbonyl (C=O) groups is 1. The van der Waals surface area contributed by atoms with Crippen LogP contribution in [0.3, 0.4) is 0 Å². The molecule has 0 aliphatic heterocycles. The number of nitrogens with one attached hydrogen (secondary N) is 2. The van der Waals surface area contributed by atoms with Crippen LogP contribution in [0.25, 0.3) is 0 Å². The fraction of sp³-hybridized carbons (Fsp3) is 0. The molecule has 4 nitrogen and oxygen atoms in total. The molecule has 0 fully saturated rings. The number of hydrogen-bond donors (Lipinski definition) is 2. The summed E-state index contributed by atoms with van der Waals surface area (Å²) in [6.07, 6.45) is 1.23. The number of halogens is 3. The zero-order valence-electron chi connectivity index (χ0n) is 9.34. The molecule has 0 bridgehead atoms. The van der Waals surface area contributed by atoms with Crippen molar-refractivity contribution in [2.24, 2.45) is 0 Å². The smallest absolute Gasteiger partial charge is 0.261 e. The normalized spacial score (nSPS) is 10.3. The van der Waals surface area contributed by atoms with Crippen LogP contribution in [0, 0.1) is 11.6 Å². The predicted molar refractivity (Wildman–Crippen MR) is 66.4 cm³/mol. The van der Waals surface area contributed by atoms with Crippen molar-refractivity contribution in [3.05, 3.63) is 63.0 Å². The second-order valence-electron chi connectivity index (χ2n) is 3.64. The van der Waals surface area contributed by atoms with Gasteiger partial charge in [0.05, 0.1) is 5.02 Å². The Balaban J connectivity index is 2.28. The largest absolute Gasteiger partial charge is 0.327 e. The third-order valence-corrected chi connectivity index (χ3v) is 2.51. The molecule has 1 amide bonds. The lowest BCUT2D eigenvalue weighted by molar-refractivity contribution is 0.102. The van der Waals surface area contributed by atoms with E-state index in [1.54, 1.807) is 0 Å². The van der Waals surface area contributed by atoms with Crippen molar-refractivity contribution >= 4 is 23.2 Å². The third kappa shape index (κ3) is 2.97. The van der Waals surface area contributed by atoms with Crippen LogP contribution < -0.4 is 10.9 Å². The number of aromatic nitrogens is 1. The number of amides is 1. The Hall–Kier alpha value is -2.21. The molecule has 0 atom stereocenters. The number of rotatable bonds is 2. The first-order valence-electron chi connectivity index (χ1n) is 5.12. The number of pyridine rings is 1. The Morgan fingerprint density at radius 2 is 1.95 bits per heavy atom. The first-order chi connectivity index (χ1) is 8.97. The summed E-state index contributed by atoms with van der Waals surface area (Å²) in [5.41, 5.74) is -0.829. The quantitative estimate of drug-likeness (QED) is 0.890. The van der Waals surface area contributed by atoms with Crippen LogP contribution in [0.15, 0.2) is 35.3 Å². The van der Waals surface area contributed by atoms with Gasteiger partial charge in [-0.3, -0.25) is 9.59 Å². The van der Waals surface area contributed by atoms with Gasteiger partial charge in [-0.2, -0.15) is 0 Å². The number of H-pyrrole nitrogens is 1. The summed E-state index contributed by atoms with van der Waals surface area (Å²) in [6.45, 7) is 0. The monoisotopic (exact) mass is 284 g/mol. The molecular formula is C12H7ClF2N2O2. The minimum atomic E-state index is -1.10. The number of hydrogen-bond acceptors (Lipinski definition) is 2. The maximum Gasteiger partial charge on any atom is 0.261 e.